The van der Waals surface area contributed by atoms with E-state index in [4.69, 9.17) is 9.15 Å². The van der Waals surface area contributed by atoms with Gasteiger partial charge in [0, 0.05) is 6.92 Å². The summed E-state index contributed by atoms with van der Waals surface area (Å²) >= 11 is 0. The first-order valence-electron chi connectivity index (χ1n) is 5.56. The molecule has 0 N–H and O–H groups in total. The zero-order chi connectivity index (χ0) is 12.4. The molecule has 0 radical (unpaired) electrons. The van der Waals surface area contributed by atoms with E-state index in [1.807, 2.05) is 13.0 Å². The van der Waals surface area contributed by atoms with Crippen LogP contribution in [0.25, 0.3) is 0 Å². The van der Waals surface area contributed by atoms with Crippen LogP contribution in [0.2, 0.25) is 0 Å². The van der Waals surface area contributed by atoms with Crippen LogP contribution in [0.3, 0.4) is 0 Å². The van der Waals surface area contributed by atoms with Gasteiger partial charge in [-0.25, -0.2) is 0 Å². The van der Waals surface area contributed by atoms with Crippen LogP contribution in [0.5, 0.6) is 5.75 Å². The summed E-state index contributed by atoms with van der Waals surface area (Å²) in [5.74, 6) is 1.92. The summed E-state index contributed by atoms with van der Waals surface area (Å²) in [5.41, 5.74) is 3.60. The van der Waals surface area contributed by atoms with Crippen molar-refractivity contribution in [2.75, 3.05) is 0 Å². The number of hydrogen-bond acceptors (Lipinski definition) is 4. The number of ether oxygens (including phenoxy) is 1. The second-order valence-electron chi connectivity index (χ2n) is 4.21. The minimum absolute atomic E-state index is 0.310. The minimum atomic E-state index is 0.310. The first kappa shape index (κ1) is 11.6. The summed E-state index contributed by atoms with van der Waals surface area (Å²) in [6.07, 6.45) is 0. The molecular formula is C13H16N2O2. The monoisotopic (exact) mass is 232 g/mol. The largest absolute Gasteiger partial charge is 0.484 e. The summed E-state index contributed by atoms with van der Waals surface area (Å²) in [6, 6.07) is 4.15. The van der Waals surface area contributed by atoms with Crippen molar-refractivity contribution in [3.05, 3.63) is 40.6 Å². The Hall–Kier alpha value is -1.84. The summed E-state index contributed by atoms with van der Waals surface area (Å²) < 4.78 is 10.9. The van der Waals surface area contributed by atoms with Crippen molar-refractivity contribution < 1.29 is 9.15 Å². The first-order valence-corrected chi connectivity index (χ1v) is 5.56. The normalized spacial score (nSPS) is 10.6. The van der Waals surface area contributed by atoms with Crippen molar-refractivity contribution in [1.29, 1.82) is 0 Å². The molecule has 1 aromatic carbocycles. The summed E-state index contributed by atoms with van der Waals surface area (Å²) in [6.45, 7) is 8.26. The van der Waals surface area contributed by atoms with Crippen LogP contribution in [-0.4, -0.2) is 10.2 Å². The third-order valence-electron chi connectivity index (χ3n) is 2.71. The molecule has 0 amide bonds. The van der Waals surface area contributed by atoms with Gasteiger partial charge in [0.1, 0.15) is 5.75 Å². The van der Waals surface area contributed by atoms with E-state index >= 15 is 0 Å². The Morgan fingerprint density at radius 3 is 2.35 bits per heavy atom. The zero-order valence-corrected chi connectivity index (χ0v) is 10.6. The molecule has 0 saturated carbocycles. The van der Waals surface area contributed by atoms with Crippen molar-refractivity contribution in [3.8, 4) is 5.75 Å². The molecular weight excluding hydrogens is 216 g/mol. The highest BCUT2D eigenvalue weighted by Gasteiger charge is 2.06. The number of hydrogen-bond donors (Lipinski definition) is 0. The fourth-order valence-electron chi connectivity index (χ4n) is 1.62. The van der Waals surface area contributed by atoms with E-state index in [1.165, 1.54) is 11.1 Å². The van der Waals surface area contributed by atoms with E-state index in [2.05, 4.69) is 30.1 Å². The minimum Gasteiger partial charge on any atom is -0.484 e. The van der Waals surface area contributed by atoms with Gasteiger partial charge in [-0.2, -0.15) is 0 Å². The van der Waals surface area contributed by atoms with Crippen molar-refractivity contribution in [2.45, 2.75) is 34.3 Å². The van der Waals surface area contributed by atoms with E-state index in [0.29, 0.717) is 18.4 Å². The van der Waals surface area contributed by atoms with Gasteiger partial charge in [-0.05, 0) is 43.5 Å². The molecule has 0 aliphatic heterocycles. The molecule has 1 aromatic heterocycles. The van der Waals surface area contributed by atoms with Gasteiger partial charge in [-0.1, -0.05) is 6.07 Å². The number of rotatable bonds is 3. The lowest BCUT2D eigenvalue weighted by atomic mass is 10.1. The predicted octanol–water partition coefficient (Wildman–Crippen LogP) is 2.88. The molecule has 0 aliphatic carbocycles. The molecule has 0 unspecified atom stereocenters. The van der Waals surface area contributed by atoms with Crippen molar-refractivity contribution in [1.82, 2.24) is 10.2 Å². The standard InChI is InChI=1S/C13H16N2O2/c1-8-5-10(3)12(6-9(8)2)16-7-13-15-14-11(4)17-13/h5-6H,7H2,1-4H3. The van der Waals surface area contributed by atoms with Gasteiger partial charge in [0.25, 0.3) is 5.89 Å². The van der Waals surface area contributed by atoms with Crippen LogP contribution in [0, 0.1) is 27.7 Å². The molecule has 0 saturated heterocycles. The molecule has 4 nitrogen and oxygen atoms in total. The smallest absolute Gasteiger partial charge is 0.253 e. The Balaban J connectivity index is 2.11. The van der Waals surface area contributed by atoms with E-state index in [0.717, 1.165) is 11.3 Å². The maximum Gasteiger partial charge on any atom is 0.253 e. The fraction of sp³-hybridized carbons (Fsp3) is 0.385. The Morgan fingerprint density at radius 2 is 1.71 bits per heavy atom. The summed E-state index contributed by atoms with van der Waals surface area (Å²) in [7, 11) is 0. The quantitative estimate of drug-likeness (QED) is 0.816. The lowest BCUT2D eigenvalue weighted by Crippen LogP contribution is -1.98. The molecule has 0 bridgehead atoms. The number of aromatic nitrogens is 2. The van der Waals surface area contributed by atoms with Gasteiger partial charge >= 0.3 is 0 Å². The molecule has 17 heavy (non-hydrogen) atoms. The van der Waals surface area contributed by atoms with E-state index < -0.39 is 0 Å². The van der Waals surface area contributed by atoms with E-state index in [1.54, 1.807) is 6.92 Å². The Kier molecular flexibility index (Phi) is 3.13. The van der Waals surface area contributed by atoms with Gasteiger partial charge < -0.3 is 9.15 Å². The topological polar surface area (TPSA) is 48.2 Å². The van der Waals surface area contributed by atoms with E-state index in [9.17, 15) is 0 Å². The zero-order valence-electron chi connectivity index (χ0n) is 10.6. The highest BCUT2D eigenvalue weighted by atomic mass is 16.5. The van der Waals surface area contributed by atoms with Crippen LogP contribution < -0.4 is 4.74 Å². The average Bonchev–Trinajstić information content (AvgIpc) is 2.68. The van der Waals surface area contributed by atoms with Crippen molar-refractivity contribution in [2.24, 2.45) is 0 Å². The maximum atomic E-state index is 5.68. The average molecular weight is 232 g/mol. The van der Waals surface area contributed by atoms with Gasteiger partial charge in [0.15, 0.2) is 6.61 Å². The second-order valence-corrected chi connectivity index (χ2v) is 4.21. The highest BCUT2D eigenvalue weighted by Crippen LogP contribution is 2.23. The second kappa shape index (κ2) is 4.57. The number of aryl methyl sites for hydroxylation is 4. The van der Waals surface area contributed by atoms with Gasteiger partial charge in [0.05, 0.1) is 0 Å². The fourth-order valence-corrected chi connectivity index (χ4v) is 1.62. The van der Waals surface area contributed by atoms with Gasteiger partial charge in [-0.3, -0.25) is 0 Å². The summed E-state index contributed by atoms with van der Waals surface area (Å²) in [5, 5.41) is 7.65. The molecule has 2 aromatic rings. The molecule has 1 heterocycles. The molecule has 4 heteroatoms. The lowest BCUT2D eigenvalue weighted by molar-refractivity contribution is 0.259. The number of nitrogens with zero attached hydrogens (tertiary/aromatic N) is 2. The van der Waals surface area contributed by atoms with Crippen LogP contribution in [0.15, 0.2) is 16.5 Å². The third kappa shape index (κ3) is 2.64. The molecule has 2 rings (SSSR count). The molecule has 90 valence electrons. The Bertz CT molecular complexity index is 532. The van der Waals surface area contributed by atoms with Crippen LogP contribution >= 0.6 is 0 Å². The van der Waals surface area contributed by atoms with Crippen molar-refractivity contribution in [3.63, 3.8) is 0 Å². The van der Waals surface area contributed by atoms with Crippen LogP contribution in [-0.2, 0) is 6.61 Å². The SMILES string of the molecule is Cc1nnc(COc2cc(C)c(C)cc2C)o1. The van der Waals surface area contributed by atoms with E-state index in [-0.39, 0.29) is 0 Å². The third-order valence-corrected chi connectivity index (χ3v) is 2.71. The molecule has 0 fully saturated rings. The predicted molar refractivity (Wildman–Crippen MR) is 64.0 cm³/mol. The van der Waals surface area contributed by atoms with Crippen LogP contribution in [0.4, 0.5) is 0 Å². The van der Waals surface area contributed by atoms with Gasteiger partial charge in [0.2, 0.25) is 5.89 Å². The number of benzene rings is 1. The maximum absolute atomic E-state index is 5.68. The lowest BCUT2D eigenvalue weighted by Gasteiger charge is -2.10. The Morgan fingerprint density at radius 1 is 1.00 bits per heavy atom. The molecule has 0 aliphatic rings. The molecule has 0 spiro atoms. The van der Waals surface area contributed by atoms with Crippen molar-refractivity contribution >= 4 is 0 Å². The Labute approximate surface area is 101 Å². The van der Waals surface area contributed by atoms with Crippen LogP contribution in [0.1, 0.15) is 28.5 Å². The summed E-state index contributed by atoms with van der Waals surface area (Å²) in [4.78, 5) is 0. The highest BCUT2D eigenvalue weighted by molar-refractivity contribution is 5.40. The van der Waals surface area contributed by atoms with Gasteiger partial charge in [-0.15, -0.1) is 10.2 Å². The first-order chi connectivity index (χ1) is 8.06. The molecule has 0 atom stereocenters.